The first-order valence-electron chi connectivity index (χ1n) is 16.4. The number of benzene rings is 3. The van der Waals surface area contributed by atoms with Gasteiger partial charge < -0.3 is 29.6 Å². The SMILES string of the molecule is CNC(=O)[C@H]1CC[C@@H](n2c(-c3cc(I)c(OC)c(OC)c3)nc3ccc(C(=O)NCCCN4CCN(c5ccccc5)CC4)cc32)C1. The Labute approximate surface area is 289 Å². The van der Waals surface area contributed by atoms with Crippen LogP contribution in [0.3, 0.4) is 0 Å². The molecule has 0 unspecified atom stereocenters. The molecule has 2 atom stereocenters. The average Bonchev–Trinajstić information content (AvgIpc) is 3.75. The van der Waals surface area contributed by atoms with E-state index in [-0.39, 0.29) is 23.8 Å². The monoisotopic (exact) mass is 750 g/mol. The number of ether oxygens (including phenoxy) is 2. The van der Waals surface area contributed by atoms with Gasteiger partial charge in [0, 0.05) is 68.5 Å². The van der Waals surface area contributed by atoms with E-state index in [1.165, 1.54) is 5.69 Å². The molecule has 1 aromatic heterocycles. The number of piperazine rings is 1. The Morgan fingerprint density at radius 3 is 2.49 bits per heavy atom. The summed E-state index contributed by atoms with van der Waals surface area (Å²) in [6, 6.07) is 20.3. The molecule has 2 heterocycles. The van der Waals surface area contributed by atoms with Crippen molar-refractivity contribution in [3.05, 3.63) is 69.8 Å². The molecule has 3 aromatic carbocycles. The van der Waals surface area contributed by atoms with Gasteiger partial charge in [-0.1, -0.05) is 18.2 Å². The van der Waals surface area contributed by atoms with Crippen LogP contribution in [0.15, 0.2) is 60.7 Å². The predicted octanol–water partition coefficient (Wildman–Crippen LogP) is 5.35. The van der Waals surface area contributed by atoms with Crippen LogP contribution in [0.1, 0.15) is 42.1 Å². The second kappa shape index (κ2) is 14.9. The molecule has 0 bridgehead atoms. The quantitative estimate of drug-likeness (QED) is 0.158. The third-order valence-corrected chi connectivity index (χ3v) is 10.3. The van der Waals surface area contributed by atoms with E-state index in [2.05, 4.69) is 77.9 Å². The topological polar surface area (TPSA) is 101 Å². The Morgan fingerprint density at radius 1 is 0.979 bits per heavy atom. The summed E-state index contributed by atoms with van der Waals surface area (Å²) >= 11 is 2.25. The lowest BCUT2D eigenvalue weighted by Crippen LogP contribution is -2.47. The number of nitrogens with zero attached hydrogens (tertiary/aromatic N) is 4. The van der Waals surface area contributed by atoms with E-state index in [1.807, 2.05) is 30.3 Å². The number of anilines is 1. The molecule has 248 valence electrons. The molecule has 2 N–H and O–H groups in total. The van der Waals surface area contributed by atoms with E-state index in [0.717, 1.165) is 78.0 Å². The van der Waals surface area contributed by atoms with Gasteiger partial charge in [-0.3, -0.25) is 14.5 Å². The van der Waals surface area contributed by atoms with Crippen LogP contribution >= 0.6 is 22.6 Å². The van der Waals surface area contributed by atoms with Gasteiger partial charge in [0.05, 0.1) is 28.8 Å². The number of amides is 2. The molecule has 1 saturated carbocycles. The van der Waals surface area contributed by atoms with Crippen LogP contribution in [-0.4, -0.2) is 86.8 Å². The first-order chi connectivity index (χ1) is 22.9. The number of carbonyl (C=O) groups is 2. The molecule has 6 rings (SSSR count). The number of nitrogens with one attached hydrogen (secondary N) is 2. The highest BCUT2D eigenvalue weighted by atomic mass is 127. The molecule has 2 aliphatic rings. The first-order valence-corrected chi connectivity index (χ1v) is 17.4. The molecule has 1 aliphatic carbocycles. The minimum atomic E-state index is -0.0922. The van der Waals surface area contributed by atoms with Crippen LogP contribution in [0.5, 0.6) is 11.5 Å². The summed E-state index contributed by atoms with van der Waals surface area (Å²) in [6.07, 6.45) is 3.24. The maximum absolute atomic E-state index is 13.4. The fourth-order valence-corrected chi connectivity index (χ4v) is 7.79. The first kappa shape index (κ1) is 33.1. The van der Waals surface area contributed by atoms with Gasteiger partial charge in [0.2, 0.25) is 5.91 Å². The number of hydrogen-bond donors (Lipinski definition) is 2. The van der Waals surface area contributed by atoms with Crippen LogP contribution in [0.4, 0.5) is 5.69 Å². The number of halogens is 1. The summed E-state index contributed by atoms with van der Waals surface area (Å²) in [5.41, 5.74) is 4.46. The number of hydrogen-bond acceptors (Lipinski definition) is 7. The molecule has 47 heavy (non-hydrogen) atoms. The number of methoxy groups -OCH3 is 2. The van der Waals surface area contributed by atoms with Crippen molar-refractivity contribution in [3.63, 3.8) is 0 Å². The fourth-order valence-electron chi connectivity index (χ4n) is 6.96. The average molecular weight is 751 g/mol. The van der Waals surface area contributed by atoms with Gasteiger partial charge in [-0.25, -0.2) is 4.98 Å². The standard InChI is InChI=1S/C36H43IN6O4/c1-38-35(44)24-10-12-28(20-24)43-31-22-25(11-13-30(31)40-34(43)26-21-29(37)33(47-3)32(23-26)46-2)36(45)39-14-7-15-41-16-18-42(19-17-41)27-8-5-4-6-9-27/h4-6,8-9,11,13,21-24,28H,7,10,12,14-20H2,1-3H3,(H,38,44)(H,39,45)/t24-,28+/m0/s1. The Hall–Kier alpha value is -3.84. The summed E-state index contributed by atoms with van der Waals surface area (Å²) in [5.74, 6) is 2.00. The lowest BCUT2D eigenvalue weighted by molar-refractivity contribution is -0.124. The lowest BCUT2D eigenvalue weighted by Gasteiger charge is -2.36. The molecule has 0 spiro atoms. The fraction of sp³-hybridized carbons (Fsp3) is 0.417. The summed E-state index contributed by atoms with van der Waals surface area (Å²) in [4.78, 5) is 35.9. The van der Waals surface area contributed by atoms with Crippen molar-refractivity contribution < 1.29 is 19.1 Å². The molecule has 4 aromatic rings. The van der Waals surface area contributed by atoms with Gasteiger partial charge in [-0.05, 0) is 97.3 Å². The van der Waals surface area contributed by atoms with Crippen molar-refractivity contribution in [1.82, 2.24) is 25.1 Å². The zero-order valence-corrected chi connectivity index (χ0v) is 29.5. The van der Waals surface area contributed by atoms with Gasteiger partial charge in [0.1, 0.15) is 5.82 Å². The summed E-state index contributed by atoms with van der Waals surface area (Å²) in [6.45, 7) is 5.63. The Kier molecular flexibility index (Phi) is 10.5. The van der Waals surface area contributed by atoms with Crippen LogP contribution in [-0.2, 0) is 4.79 Å². The molecule has 10 nitrogen and oxygen atoms in total. The number of imidazole rings is 1. The van der Waals surface area contributed by atoms with Crippen molar-refractivity contribution in [2.75, 3.05) is 65.4 Å². The molecule has 2 amide bonds. The van der Waals surface area contributed by atoms with Gasteiger partial charge in [-0.15, -0.1) is 0 Å². The van der Waals surface area contributed by atoms with Crippen molar-refractivity contribution in [2.45, 2.75) is 31.7 Å². The van der Waals surface area contributed by atoms with Gasteiger partial charge in [-0.2, -0.15) is 0 Å². The van der Waals surface area contributed by atoms with E-state index in [9.17, 15) is 9.59 Å². The van der Waals surface area contributed by atoms with E-state index >= 15 is 0 Å². The van der Waals surface area contributed by atoms with Crippen LogP contribution < -0.4 is 25.0 Å². The number of aromatic nitrogens is 2. The Morgan fingerprint density at radius 2 is 1.77 bits per heavy atom. The minimum Gasteiger partial charge on any atom is -0.493 e. The van der Waals surface area contributed by atoms with Crippen LogP contribution in [0, 0.1) is 9.49 Å². The second-order valence-electron chi connectivity index (χ2n) is 12.3. The maximum atomic E-state index is 13.4. The zero-order chi connectivity index (χ0) is 32.9. The Bertz CT molecular complexity index is 1720. The van der Waals surface area contributed by atoms with E-state index in [4.69, 9.17) is 14.5 Å². The number of rotatable bonds is 11. The van der Waals surface area contributed by atoms with Crippen molar-refractivity contribution in [1.29, 1.82) is 0 Å². The maximum Gasteiger partial charge on any atom is 0.251 e. The third-order valence-electron chi connectivity index (χ3n) is 9.46. The highest BCUT2D eigenvalue weighted by Gasteiger charge is 2.33. The summed E-state index contributed by atoms with van der Waals surface area (Å²) < 4.78 is 14.4. The van der Waals surface area contributed by atoms with Gasteiger partial charge >= 0.3 is 0 Å². The summed E-state index contributed by atoms with van der Waals surface area (Å²) in [7, 11) is 4.95. The van der Waals surface area contributed by atoms with Crippen LogP contribution in [0.2, 0.25) is 0 Å². The predicted molar refractivity (Wildman–Crippen MR) is 193 cm³/mol. The molecule has 11 heteroatoms. The number of para-hydroxylation sites is 1. The van der Waals surface area contributed by atoms with E-state index in [1.54, 1.807) is 21.3 Å². The van der Waals surface area contributed by atoms with E-state index in [0.29, 0.717) is 30.0 Å². The van der Waals surface area contributed by atoms with Gasteiger partial charge in [0.25, 0.3) is 5.91 Å². The summed E-state index contributed by atoms with van der Waals surface area (Å²) in [5, 5.41) is 5.96. The molecule has 1 aliphatic heterocycles. The molecular weight excluding hydrogens is 707 g/mol. The van der Waals surface area contributed by atoms with Crippen molar-refractivity contribution in [2.24, 2.45) is 5.92 Å². The van der Waals surface area contributed by atoms with Crippen molar-refractivity contribution >= 4 is 51.1 Å². The Balaban J connectivity index is 1.17. The number of carbonyl (C=O) groups excluding carboxylic acids is 2. The molecule has 0 radical (unpaired) electrons. The van der Waals surface area contributed by atoms with E-state index < -0.39 is 0 Å². The van der Waals surface area contributed by atoms with Crippen LogP contribution in [0.25, 0.3) is 22.4 Å². The third kappa shape index (κ3) is 7.20. The largest absolute Gasteiger partial charge is 0.493 e. The highest BCUT2D eigenvalue weighted by Crippen LogP contribution is 2.42. The number of fused-ring (bicyclic) bond motifs is 1. The zero-order valence-electron chi connectivity index (χ0n) is 27.3. The lowest BCUT2D eigenvalue weighted by atomic mass is 10.1. The molecular formula is C36H43IN6O4. The molecule has 1 saturated heterocycles. The normalized spacial score (nSPS) is 18.3. The second-order valence-corrected chi connectivity index (χ2v) is 13.4. The van der Waals surface area contributed by atoms with Gasteiger partial charge in [0.15, 0.2) is 11.5 Å². The highest BCUT2D eigenvalue weighted by molar-refractivity contribution is 14.1. The van der Waals surface area contributed by atoms with Crippen molar-refractivity contribution in [3.8, 4) is 22.9 Å². The smallest absolute Gasteiger partial charge is 0.251 e. The molecule has 2 fully saturated rings. The minimum absolute atomic E-state index is 0.0590.